The number of rotatable bonds is 6. The normalized spacial score (nSPS) is 10.6. The molecule has 0 unspecified atom stereocenters. The van der Waals surface area contributed by atoms with Gasteiger partial charge in [-0.3, -0.25) is 0 Å². The molecule has 0 aliphatic carbocycles. The molecule has 134 valence electrons. The van der Waals surface area contributed by atoms with Crippen LogP contribution in [0.3, 0.4) is 0 Å². The van der Waals surface area contributed by atoms with Gasteiger partial charge in [0.1, 0.15) is 11.5 Å². The molecule has 3 aromatic rings. The first-order valence-corrected chi connectivity index (χ1v) is 8.82. The number of nitrogens with zero attached hydrogens (tertiary/aromatic N) is 2. The molecule has 4 heteroatoms. The minimum Gasteiger partial charge on any atom is -0.497 e. The van der Waals surface area contributed by atoms with E-state index in [4.69, 9.17) is 19.4 Å². The SMILES string of the molecule is CCCc1nc(-c2ccc(OC)cc2)nc(C)c1-c1ccc(OC)cc1. The third kappa shape index (κ3) is 3.69. The van der Waals surface area contributed by atoms with E-state index in [0.29, 0.717) is 0 Å². The Balaban J connectivity index is 2.07. The van der Waals surface area contributed by atoms with E-state index in [1.807, 2.05) is 43.3 Å². The molecule has 1 aromatic heterocycles. The summed E-state index contributed by atoms with van der Waals surface area (Å²) in [5.74, 6) is 2.43. The van der Waals surface area contributed by atoms with Gasteiger partial charge < -0.3 is 9.47 Å². The van der Waals surface area contributed by atoms with E-state index in [2.05, 4.69) is 19.1 Å². The maximum absolute atomic E-state index is 5.27. The van der Waals surface area contributed by atoms with Crippen LogP contribution in [0.4, 0.5) is 0 Å². The van der Waals surface area contributed by atoms with Crippen molar-refractivity contribution in [2.75, 3.05) is 14.2 Å². The maximum atomic E-state index is 5.27. The smallest absolute Gasteiger partial charge is 0.159 e. The fraction of sp³-hybridized carbons (Fsp3) is 0.273. The van der Waals surface area contributed by atoms with Crippen LogP contribution < -0.4 is 9.47 Å². The summed E-state index contributed by atoms with van der Waals surface area (Å²) in [5, 5.41) is 0. The van der Waals surface area contributed by atoms with Crippen LogP contribution in [0.1, 0.15) is 24.7 Å². The monoisotopic (exact) mass is 348 g/mol. The lowest BCUT2D eigenvalue weighted by Crippen LogP contribution is -2.03. The largest absolute Gasteiger partial charge is 0.497 e. The van der Waals surface area contributed by atoms with Gasteiger partial charge in [-0.1, -0.05) is 25.5 Å². The lowest BCUT2D eigenvalue weighted by Gasteiger charge is -2.14. The second-order valence-electron chi connectivity index (χ2n) is 6.16. The first-order chi connectivity index (χ1) is 12.7. The molecule has 0 amide bonds. The maximum Gasteiger partial charge on any atom is 0.159 e. The second kappa shape index (κ2) is 8.00. The van der Waals surface area contributed by atoms with Crippen molar-refractivity contribution < 1.29 is 9.47 Å². The number of benzene rings is 2. The van der Waals surface area contributed by atoms with Crippen LogP contribution in [0.5, 0.6) is 11.5 Å². The Kier molecular flexibility index (Phi) is 5.52. The van der Waals surface area contributed by atoms with E-state index in [9.17, 15) is 0 Å². The number of aromatic nitrogens is 2. The molecule has 0 aliphatic heterocycles. The first-order valence-electron chi connectivity index (χ1n) is 8.82. The third-order valence-electron chi connectivity index (χ3n) is 4.38. The van der Waals surface area contributed by atoms with Crippen LogP contribution in [-0.4, -0.2) is 24.2 Å². The molecule has 0 fully saturated rings. The molecule has 26 heavy (non-hydrogen) atoms. The van der Waals surface area contributed by atoms with Crippen molar-refractivity contribution in [2.24, 2.45) is 0 Å². The van der Waals surface area contributed by atoms with Crippen molar-refractivity contribution >= 4 is 0 Å². The fourth-order valence-electron chi connectivity index (χ4n) is 3.05. The molecule has 0 aliphatic rings. The van der Waals surface area contributed by atoms with E-state index in [-0.39, 0.29) is 0 Å². The van der Waals surface area contributed by atoms with Crippen molar-refractivity contribution in [3.05, 3.63) is 59.9 Å². The van der Waals surface area contributed by atoms with Gasteiger partial charge in [-0.2, -0.15) is 0 Å². The van der Waals surface area contributed by atoms with Crippen LogP contribution in [-0.2, 0) is 6.42 Å². The molecule has 0 atom stereocenters. The van der Waals surface area contributed by atoms with E-state index in [0.717, 1.165) is 58.2 Å². The molecule has 4 nitrogen and oxygen atoms in total. The minimum absolute atomic E-state index is 0.755. The lowest BCUT2D eigenvalue weighted by atomic mass is 9.99. The van der Waals surface area contributed by atoms with Crippen LogP contribution in [0.2, 0.25) is 0 Å². The Hall–Kier alpha value is -2.88. The third-order valence-corrected chi connectivity index (χ3v) is 4.38. The molecule has 0 spiro atoms. The fourth-order valence-corrected chi connectivity index (χ4v) is 3.05. The quantitative estimate of drug-likeness (QED) is 0.622. The van der Waals surface area contributed by atoms with Gasteiger partial charge in [-0.05, 0) is 55.3 Å². The number of methoxy groups -OCH3 is 2. The average Bonchev–Trinajstić information content (AvgIpc) is 2.68. The van der Waals surface area contributed by atoms with Gasteiger partial charge in [0.05, 0.1) is 19.9 Å². The van der Waals surface area contributed by atoms with Gasteiger partial charge in [0.15, 0.2) is 5.82 Å². The summed E-state index contributed by atoms with van der Waals surface area (Å²) in [6.07, 6.45) is 1.94. The van der Waals surface area contributed by atoms with Crippen LogP contribution in [0.15, 0.2) is 48.5 Å². The number of aryl methyl sites for hydroxylation is 2. The van der Waals surface area contributed by atoms with Gasteiger partial charge in [-0.15, -0.1) is 0 Å². The van der Waals surface area contributed by atoms with Gasteiger partial charge in [0, 0.05) is 16.8 Å². The summed E-state index contributed by atoms with van der Waals surface area (Å²) in [6.45, 7) is 4.22. The summed E-state index contributed by atoms with van der Waals surface area (Å²) in [5.41, 5.74) is 5.29. The van der Waals surface area contributed by atoms with Gasteiger partial charge >= 0.3 is 0 Å². The standard InChI is InChI=1S/C22H24N2O2/c1-5-6-20-21(16-7-11-18(25-3)12-8-16)15(2)23-22(24-20)17-9-13-19(26-4)14-10-17/h7-14H,5-6H2,1-4H3. The number of hydrogen-bond donors (Lipinski definition) is 0. The van der Waals surface area contributed by atoms with Gasteiger partial charge in [0.25, 0.3) is 0 Å². The molecule has 1 heterocycles. The zero-order valence-corrected chi connectivity index (χ0v) is 15.7. The molecule has 0 bridgehead atoms. The molecule has 0 radical (unpaired) electrons. The van der Waals surface area contributed by atoms with Crippen molar-refractivity contribution in [2.45, 2.75) is 26.7 Å². The summed E-state index contributed by atoms with van der Waals surface area (Å²) in [4.78, 5) is 9.66. The molecule has 0 saturated carbocycles. The van der Waals surface area contributed by atoms with Crippen molar-refractivity contribution in [1.29, 1.82) is 0 Å². The average molecular weight is 348 g/mol. The molecule has 0 N–H and O–H groups in total. The van der Waals surface area contributed by atoms with Gasteiger partial charge in [-0.25, -0.2) is 9.97 Å². The highest BCUT2D eigenvalue weighted by Gasteiger charge is 2.14. The minimum atomic E-state index is 0.755. The van der Waals surface area contributed by atoms with Crippen molar-refractivity contribution in [3.8, 4) is 34.0 Å². The number of hydrogen-bond acceptors (Lipinski definition) is 4. The van der Waals surface area contributed by atoms with E-state index < -0.39 is 0 Å². The highest BCUT2D eigenvalue weighted by molar-refractivity contribution is 5.71. The zero-order valence-electron chi connectivity index (χ0n) is 15.7. The molecular formula is C22H24N2O2. The Morgan fingerprint density at radius 2 is 1.31 bits per heavy atom. The number of ether oxygens (including phenoxy) is 2. The Morgan fingerprint density at radius 1 is 0.769 bits per heavy atom. The highest BCUT2D eigenvalue weighted by Crippen LogP contribution is 2.30. The molecule has 3 rings (SSSR count). The summed E-state index contributed by atoms with van der Waals surface area (Å²) < 4.78 is 10.5. The summed E-state index contributed by atoms with van der Waals surface area (Å²) >= 11 is 0. The molecule has 2 aromatic carbocycles. The molecule has 0 saturated heterocycles. The molecular weight excluding hydrogens is 324 g/mol. The Bertz CT molecular complexity index is 872. The van der Waals surface area contributed by atoms with E-state index in [1.165, 1.54) is 0 Å². The van der Waals surface area contributed by atoms with Crippen molar-refractivity contribution in [3.63, 3.8) is 0 Å². The van der Waals surface area contributed by atoms with E-state index >= 15 is 0 Å². The Morgan fingerprint density at radius 3 is 1.81 bits per heavy atom. The highest BCUT2D eigenvalue weighted by atomic mass is 16.5. The predicted octanol–water partition coefficient (Wildman–Crippen LogP) is 5.09. The Labute approximate surface area is 154 Å². The van der Waals surface area contributed by atoms with E-state index in [1.54, 1.807) is 14.2 Å². The van der Waals surface area contributed by atoms with Crippen LogP contribution >= 0.6 is 0 Å². The van der Waals surface area contributed by atoms with Crippen LogP contribution in [0, 0.1) is 6.92 Å². The summed E-state index contributed by atoms with van der Waals surface area (Å²) in [6, 6.07) is 15.9. The van der Waals surface area contributed by atoms with Crippen molar-refractivity contribution in [1.82, 2.24) is 9.97 Å². The van der Waals surface area contributed by atoms with Crippen LogP contribution in [0.25, 0.3) is 22.5 Å². The second-order valence-corrected chi connectivity index (χ2v) is 6.16. The summed E-state index contributed by atoms with van der Waals surface area (Å²) in [7, 11) is 3.34. The van der Waals surface area contributed by atoms with Gasteiger partial charge in [0.2, 0.25) is 0 Å². The first kappa shape index (κ1) is 17.9. The zero-order chi connectivity index (χ0) is 18.5. The topological polar surface area (TPSA) is 44.2 Å². The predicted molar refractivity (Wildman–Crippen MR) is 105 cm³/mol. The lowest BCUT2D eigenvalue weighted by molar-refractivity contribution is 0.414.